The molecule has 1 aromatic heterocycles. The molecule has 0 spiro atoms. The Labute approximate surface area is 128 Å². The third-order valence-electron chi connectivity index (χ3n) is 3.49. The molecule has 0 radical (unpaired) electrons. The van der Waals surface area contributed by atoms with Crippen LogP contribution in [0.3, 0.4) is 0 Å². The van der Waals surface area contributed by atoms with E-state index in [-0.39, 0.29) is 0 Å². The summed E-state index contributed by atoms with van der Waals surface area (Å²) in [6, 6.07) is 16.1. The van der Waals surface area contributed by atoms with E-state index in [4.69, 9.17) is 11.6 Å². The zero-order valence-electron chi connectivity index (χ0n) is 11.7. The van der Waals surface area contributed by atoms with Crippen molar-refractivity contribution in [1.29, 1.82) is 5.26 Å². The minimum atomic E-state index is 0.497. The Bertz CT molecular complexity index is 826. The summed E-state index contributed by atoms with van der Waals surface area (Å²) in [4.78, 5) is 4.63. The van der Waals surface area contributed by atoms with Gasteiger partial charge in [-0.3, -0.25) is 4.57 Å². The van der Waals surface area contributed by atoms with Gasteiger partial charge in [0, 0.05) is 18.0 Å². The second-order valence-electron chi connectivity index (χ2n) is 4.92. The van der Waals surface area contributed by atoms with Crippen LogP contribution in [-0.4, -0.2) is 15.4 Å². The molecule has 0 unspecified atom stereocenters. The van der Waals surface area contributed by atoms with Gasteiger partial charge in [-0.05, 0) is 31.2 Å². The van der Waals surface area contributed by atoms with Gasteiger partial charge < -0.3 is 0 Å². The highest BCUT2D eigenvalue weighted by Gasteiger charge is 2.14. The number of rotatable bonds is 3. The highest BCUT2D eigenvalue weighted by atomic mass is 35.5. The summed E-state index contributed by atoms with van der Waals surface area (Å²) in [6.07, 6.45) is 0.662. The maximum Gasteiger partial charge on any atom is 0.115 e. The molecule has 0 saturated heterocycles. The predicted molar refractivity (Wildman–Crippen MR) is 84.9 cm³/mol. The van der Waals surface area contributed by atoms with Crippen LogP contribution in [0.2, 0.25) is 0 Å². The molecular weight excluding hydrogens is 282 g/mol. The number of hydrogen-bond acceptors (Lipinski definition) is 2. The van der Waals surface area contributed by atoms with Crippen LogP contribution in [0.5, 0.6) is 0 Å². The molecule has 0 saturated carbocycles. The fourth-order valence-electron chi connectivity index (χ4n) is 2.47. The van der Waals surface area contributed by atoms with Crippen LogP contribution in [-0.2, 0) is 6.42 Å². The molecule has 4 heteroatoms. The topological polar surface area (TPSA) is 41.6 Å². The van der Waals surface area contributed by atoms with Crippen molar-refractivity contribution in [3.8, 4) is 11.8 Å². The molecule has 3 aromatic rings. The van der Waals surface area contributed by atoms with E-state index < -0.39 is 0 Å². The fourth-order valence-corrected chi connectivity index (χ4v) is 2.64. The largest absolute Gasteiger partial charge is 0.296 e. The molecule has 2 aromatic carbocycles. The Hall–Kier alpha value is -2.31. The molecule has 0 aliphatic heterocycles. The lowest BCUT2D eigenvalue weighted by Crippen LogP contribution is -2.02. The summed E-state index contributed by atoms with van der Waals surface area (Å²) in [5, 5.41) is 9.25. The van der Waals surface area contributed by atoms with E-state index >= 15 is 0 Å². The van der Waals surface area contributed by atoms with Gasteiger partial charge in [0.05, 0.1) is 11.1 Å². The van der Waals surface area contributed by atoms with Gasteiger partial charge in [0.25, 0.3) is 0 Å². The van der Waals surface area contributed by atoms with E-state index in [9.17, 15) is 5.26 Å². The SMILES string of the molecule is Cc1ccc(-n2c(CCCl)nc3c(C#N)cccc32)cc1. The number of aromatic nitrogens is 2. The molecule has 21 heavy (non-hydrogen) atoms. The molecule has 0 aliphatic rings. The van der Waals surface area contributed by atoms with Crippen molar-refractivity contribution >= 4 is 22.6 Å². The molecule has 0 atom stereocenters. The Morgan fingerprint density at radius 3 is 2.62 bits per heavy atom. The van der Waals surface area contributed by atoms with Crippen LogP contribution in [0.25, 0.3) is 16.7 Å². The second-order valence-corrected chi connectivity index (χ2v) is 5.30. The lowest BCUT2D eigenvalue weighted by Gasteiger charge is -2.09. The van der Waals surface area contributed by atoms with Crippen molar-refractivity contribution in [1.82, 2.24) is 9.55 Å². The first-order valence-electron chi connectivity index (χ1n) is 6.78. The van der Waals surface area contributed by atoms with Gasteiger partial charge in [0.15, 0.2) is 0 Å². The summed E-state index contributed by atoms with van der Waals surface area (Å²) in [7, 11) is 0. The van der Waals surface area contributed by atoms with Crippen LogP contribution in [0.4, 0.5) is 0 Å². The van der Waals surface area contributed by atoms with Gasteiger partial charge in [-0.25, -0.2) is 4.98 Å². The fraction of sp³-hybridized carbons (Fsp3) is 0.176. The van der Waals surface area contributed by atoms with Gasteiger partial charge in [-0.2, -0.15) is 5.26 Å². The van der Waals surface area contributed by atoms with Crippen molar-refractivity contribution in [3.05, 3.63) is 59.4 Å². The lowest BCUT2D eigenvalue weighted by molar-refractivity contribution is 0.912. The maximum atomic E-state index is 9.25. The molecular formula is C17H14ClN3. The van der Waals surface area contributed by atoms with Crippen molar-refractivity contribution in [2.75, 3.05) is 5.88 Å². The van der Waals surface area contributed by atoms with E-state index in [1.165, 1.54) is 5.56 Å². The van der Waals surface area contributed by atoms with Gasteiger partial charge in [0.1, 0.15) is 17.4 Å². The molecule has 3 nitrogen and oxygen atoms in total. The first kappa shape index (κ1) is 13.7. The average molecular weight is 296 g/mol. The zero-order valence-corrected chi connectivity index (χ0v) is 12.4. The number of fused-ring (bicyclic) bond motifs is 1. The highest BCUT2D eigenvalue weighted by Crippen LogP contribution is 2.24. The number of aryl methyl sites for hydroxylation is 2. The van der Waals surface area contributed by atoms with E-state index in [0.717, 1.165) is 22.5 Å². The molecule has 0 bridgehead atoms. The van der Waals surface area contributed by atoms with Crippen LogP contribution in [0.1, 0.15) is 17.0 Å². The Balaban J connectivity index is 2.31. The molecule has 0 aliphatic carbocycles. The van der Waals surface area contributed by atoms with Crippen LogP contribution in [0, 0.1) is 18.3 Å². The van der Waals surface area contributed by atoms with E-state index in [1.54, 1.807) is 6.07 Å². The minimum absolute atomic E-state index is 0.497. The maximum absolute atomic E-state index is 9.25. The first-order chi connectivity index (χ1) is 10.2. The van der Waals surface area contributed by atoms with Gasteiger partial charge in [0.2, 0.25) is 0 Å². The highest BCUT2D eigenvalue weighted by molar-refractivity contribution is 6.18. The minimum Gasteiger partial charge on any atom is -0.296 e. The third kappa shape index (κ3) is 2.39. The van der Waals surface area contributed by atoms with Crippen molar-refractivity contribution in [2.24, 2.45) is 0 Å². The molecule has 0 fully saturated rings. The Kier molecular flexibility index (Phi) is 3.64. The van der Waals surface area contributed by atoms with Crippen LogP contribution in [0.15, 0.2) is 42.5 Å². The monoisotopic (exact) mass is 295 g/mol. The normalized spacial score (nSPS) is 10.7. The summed E-state index contributed by atoms with van der Waals surface area (Å²) in [6.45, 7) is 2.06. The standard InChI is InChI=1S/C17H14ClN3/c1-12-5-7-14(8-6-12)21-15-4-2-3-13(11-19)17(15)20-16(21)9-10-18/h2-8H,9-10H2,1H3. The molecule has 3 rings (SSSR count). The Morgan fingerprint density at radius 1 is 1.19 bits per heavy atom. The lowest BCUT2D eigenvalue weighted by atomic mass is 10.2. The second kappa shape index (κ2) is 5.59. The van der Waals surface area contributed by atoms with Crippen molar-refractivity contribution in [3.63, 3.8) is 0 Å². The van der Waals surface area contributed by atoms with Gasteiger partial charge in [-0.15, -0.1) is 11.6 Å². The smallest absolute Gasteiger partial charge is 0.115 e. The predicted octanol–water partition coefficient (Wildman–Crippen LogP) is 3.99. The molecule has 1 heterocycles. The molecule has 104 valence electrons. The van der Waals surface area contributed by atoms with Crippen LogP contribution >= 0.6 is 11.6 Å². The van der Waals surface area contributed by atoms with Crippen molar-refractivity contribution in [2.45, 2.75) is 13.3 Å². The number of alkyl halides is 1. The van der Waals surface area contributed by atoms with Crippen LogP contribution < -0.4 is 0 Å². The van der Waals surface area contributed by atoms with E-state index in [0.29, 0.717) is 17.9 Å². The molecule has 0 N–H and O–H groups in total. The number of benzene rings is 2. The summed E-state index contributed by atoms with van der Waals surface area (Å²) in [5.74, 6) is 1.38. The Morgan fingerprint density at radius 2 is 1.95 bits per heavy atom. The number of nitriles is 1. The van der Waals surface area contributed by atoms with Gasteiger partial charge >= 0.3 is 0 Å². The summed E-state index contributed by atoms with van der Waals surface area (Å²) < 4.78 is 2.08. The van der Waals surface area contributed by atoms with Crippen molar-refractivity contribution < 1.29 is 0 Å². The number of nitrogens with zero attached hydrogens (tertiary/aromatic N) is 3. The number of hydrogen-bond donors (Lipinski definition) is 0. The van der Waals surface area contributed by atoms with Gasteiger partial charge in [-0.1, -0.05) is 23.8 Å². The van der Waals surface area contributed by atoms with E-state index in [2.05, 4.69) is 46.8 Å². The molecule has 0 amide bonds. The summed E-state index contributed by atoms with van der Waals surface area (Å²) >= 11 is 5.90. The average Bonchev–Trinajstić information content (AvgIpc) is 2.86. The number of halogens is 1. The summed E-state index contributed by atoms with van der Waals surface area (Å²) in [5.41, 5.74) is 4.52. The third-order valence-corrected chi connectivity index (χ3v) is 3.67. The zero-order chi connectivity index (χ0) is 14.8. The quantitative estimate of drug-likeness (QED) is 0.686. The first-order valence-corrected chi connectivity index (χ1v) is 7.31. The number of imidazole rings is 1. The number of para-hydroxylation sites is 1. The van der Waals surface area contributed by atoms with E-state index in [1.807, 2.05) is 12.1 Å².